The quantitative estimate of drug-likeness (QED) is 0.536. The molecule has 0 radical (unpaired) electrons. The van der Waals surface area contributed by atoms with Crippen LogP contribution in [0, 0.1) is 5.92 Å². The minimum atomic E-state index is -0.119. The van der Waals surface area contributed by atoms with E-state index in [2.05, 4.69) is 32.3 Å². The SMILES string of the molecule is COc1ccc(OC)c(CNC(=O)C2CCCN(c3nccnc3Sc3ccccc3)C2)c1. The average Bonchev–Trinajstić information content (AvgIpc) is 2.88. The maximum atomic E-state index is 13.0. The highest BCUT2D eigenvalue weighted by atomic mass is 32.2. The van der Waals surface area contributed by atoms with E-state index in [1.54, 1.807) is 38.4 Å². The number of carbonyl (C=O) groups is 1. The molecule has 7 nitrogen and oxygen atoms in total. The molecule has 1 amide bonds. The van der Waals surface area contributed by atoms with E-state index >= 15 is 0 Å². The molecule has 1 unspecified atom stereocenters. The van der Waals surface area contributed by atoms with Crippen molar-refractivity contribution in [1.29, 1.82) is 0 Å². The van der Waals surface area contributed by atoms with Crippen LogP contribution in [0.4, 0.5) is 5.82 Å². The number of ether oxygens (including phenoxy) is 2. The fraction of sp³-hybridized carbons (Fsp3) is 0.320. The highest BCUT2D eigenvalue weighted by molar-refractivity contribution is 7.99. The van der Waals surface area contributed by atoms with E-state index < -0.39 is 0 Å². The summed E-state index contributed by atoms with van der Waals surface area (Å²) < 4.78 is 10.7. The molecule has 8 heteroatoms. The summed E-state index contributed by atoms with van der Waals surface area (Å²) in [5.74, 6) is 2.20. The Morgan fingerprint density at radius 3 is 2.73 bits per heavy atom. The molecule has 0 saturated carbocycles. The topological polar surface area (TPSA) is 76.6 Å². The lowest BCUT2D eigenvalue weighted by atomic mass is 9.97. The Kier molecular flexibility index (Phi) is 7.67. The summed E-state index contributed by atoms with van der Waals surface area (Å²) in [6, 6.07) is 15.7. The van der Waals surface area contributed by atoms with E-state index in [9.17, 15) is 4.79 Å². The third-order valence-electron chi connectivity index (χ3n) is 5.64. The molecule has 172 valence electrons. The van der Waals surface area contributed by atoms with E-state index in [0.29, 0.717) is 13.1 Å². The lowest BCUT2D eigenvalue weighted by Crippen LogP contribution is -2.43. The highest BCUT2D eigenvalue weighted by Gasteiger charge is 2.28. The van der Waals surface area contributed by atoms with Crippen molar-refractivity contribution in [3.05, 3.63) is 66.5 Å². The Balaban J connectivity index is 1.43. The number of hydrogen-bond donors (Lipinski definition) is 1. The van der Waals surface area contributed by atoms with E-state index in [1.807, 2.05) is 36.4 Å². The fourth-order valence-corrected chi connectivity index (χ4v) is 4.84. The lowest BCUT2D eigenvalue weighted by molar-refractivity contribution is -0.125. The van der Waals surface area contributed by atoms with Gasteiger partial charge < -0.3 is 19.7 Å². The smallest absolute Gasteiger partial charge is 0.225 e. The van der Waals surface area contributed by atoms with Crippen LogP contribution < -0.4 is 19.7 Å². The van der Waals surface area contributed by atoms with Crippen LogP contribution in [0.2, 0.25) is 0 Å². The third kappa shape index (κ3) is 5.76. The maximum absolute atomic E-state index is 13.0. The summed E-state index contributed by atoms with van der Waals surface area (Å²) in [6.45, 7) is 1.85. The molecule has 3 aromatic rings. The van der Waals surface area contributed by atoms with Crippen molar-refractivity contribution in [2.75, 3.05) is 32.2 Å². The van der Waals surface area contributed by atoms with Crippen molar-refractivity contribution in [2.24, 2.45) is 5.92 Å². The summed E-state index contributed by atoms with van der Waals surface area (Å²) in [5.41, 5.74) is 0.883. The van der Waals surface area contributed by atoms with E-state index in [-0.39, 0.29) is 11.8 Å². The van der Waals surface area contributed by atoms with Gasteiger partial charge in [0, 0.05) is 42.5 Å². The Morgan fingerprint density at radius 2 is 1.94 bits per heavy atom. The van der Waals surface area contributed by atoms with Crippen molar-refractivity contribution in [1.82, 2.24) is 15.3 Å². The largest absolute Gasteiger partial charge is 0.497 e. The number of aromatic nitrogens is 2. The molecule has 0 bridgehead atoms. The minimum Gasteiger partial charge on any atom is -0.497 e. The van der Waals surface area contributed by atoms with Gasteiger partial charge in [-0.05, 0) is 43.2 Å². The molecular formula is C25H28N4O3S. The predicted octanol–water partition coefficient (Wildman–Crippen LogP) is 4.18. The second kappa shape index (κ2) is 11.0. The fourth-order valence-electron chi connectivity index (χ4n) is 3.94. The van der Waals surface area contributed by atoms with Gasteiger partial charge in [-0.15, -0.1) is 0 Å². The zero-order valence-corrected chi connectivity index (χ0v) is 19.7. The number of benzene rings is 2. The monoisotopic (exact) mass is 464 g/mol. The van der Waals surface area contributed by atoms with E-state index in [4.69, 9.17) is 9.47 Å². The zero-order valence-electron chi connectivity index (χ0n) is 18.9. The van der Waals surface area contributed by atoms with Crippen molar-refractivity contribution >= 4 is 23.5 Å². The van der Waals surface area contributed by atoms with Crippen molar-refractivity contribution in [2.45, 2.75) is 29.3 Å². The first-order valence-corrected chi connectivity index (χ1v) is 11.8. The molecule has 33 heavy (non-hydrogen) atoms. The van der Waals surface area contributed by atoms with Gasteiger partial charge in [0.25, 0.3) is 0 Å². The summed E-state index contributed by atoms with van der Waals surface area (Å²) in [6.07, 6.45) is 5.19. The number of nitrogens with zero attached hydrogens (tertiary/aromatic N) is 3. The second-order valence-electron chi connectivity index (χ2n) is 7.78. The molecule has 1 saturated heterocycles. The van der Waals surface area contributed by atoms with Crippen LogP contribution in [0.1, 0.15) is 18.4 Å². The van der Waals surface area contributed by atoms with Gasteiger partial charge >= 0.3 is 0 Å². The molecule has 1 aliphatic rings. The average molecular weight is 465 g/mol. The lowest BCUT2D eigenvalue weighted by Gasteiger charge is -2.33. The van der Waals surface area contributed by atoms with Crippen LogP contribution in [-0.4, -0.2) is 43.2 Å². The Morgan fingerprint density at radius 1 is 1.12 bits per heavy atom. The summed E-state index contributed by atoms with van der Waals surface area (Å²) >= 11 is 1.59. The van der Waals surface area contributed by atoms with Crippen molar-refractivity contribution < 1.29 is 14.3 Å². The van der Waals surface area contributed by atoms with Gasteiger partial charge in [-0.2, -0.15) is 0 Å². The number of nitrogens with one attached hydrogen (secondary N) is 1. The molecule has 1 fully saturated rings. The molecule has 1 aliphatic heterocycles. The molecule has 1 atom stereocenters. The number of hydrogen-bond acceptors (Lipinski definition) is 7. The van der Waals surface area contributed by atoms with Crippen LogP contribution in [0.5, 0.6) is 11.5 Å². The third-order valence-corrected chi connectivity index (χ3v) is 6.63. The summed E-state index contributed by atoms with van der Waals surface area (Å²) in [7, 11) is 3.25. The molecule has 2 aromatic carbocycles. The zero-order chi connectivity index (χ0) is 23.0. The van der Waals surface area contributed by atoms with Gasteiger partial charge in [0.15, 0.2) is 5.82 Å². The molecule has 2 heterocycles. The molecule has 1 N–H and O–H groups in total. The number of amides is 1. The van der Waals surface area contributed by atoms with Crippen molar-refractivity contribution in [3.8, 4) is 11.5 Å². The standard InChI is InChI=1S/C25H28N4O3S/c1-31-20-10-11-22(32-2)19(15-20)16-28-24(30)18-7-6-14-29(17-18)23-25(27-13-12-26-23)33-21-8-4-3-5-9-21/h3-5,8-13,15,18H,6-7,14,16-17H2,1-2H3,(H,28,30). The predicted molar refractivity (Wildman–Crippen MR) is 129 cm³/mol. The first-order chi connectivity index (χ1) is 16.2. The molecular weight excluding hydrogens is 436 g/mol. The number of carbonyl (C=O) groups excluding carboxylic acids is 1. The number of anilines is 1. The van der Waals surface area contributed by atoms with Crippen LogP contribution in [0.3, 0.4) is 0 Å². The summed E-state index contributed by atoms with van der Waals surface area (Å²) in [5, 5.41) is 3.93. The van der Waals surface area contributed by atoms with Crippen LogP contribution in [0.25, 0.3) is 0 Å². The van der Waals surface area contributed by atoms with Gasteiger partial charge in [0.05, 0.1) is 20.1 Å². The first kappa shape index (κ1) is 22.9. The Hall–Kier alpha value is -3.26. The second-order valence-corrected chi connectivity index (χ2v) is 8.84. The minimum absolute atomic E-state index is 0.0331. The van der Waals surface area contributed by atoms with Crippen LogP contribution >= 0.6 is 11.8 Å². The maximum Gasteiger partial charge on any atom is 0.225 e. The molecule has 4 rings (SSSR count). The van der Waals surface area contributed by atoms with E-state index in [1.165, 1.54) is 0 Å². The normalized spacial score (nSPS) is 15.7. The first-order valence-electron chi connectivity index (χ1n) is 11.0. The Labute approximate surface area is 198 Å². The van der Waals surface area contributed by atoms with Gasteiger partial charge in [-0.25, -0.2) is 9.97 Å². The van der Waals surface area contributed by atoms with E-state index in [0.717, 1.165) is 52.2 Å². The number of piperidine rings is 1. The van der Waals surface area contributed by atoms with Crippen molar-refractivity contribution in [3.63, 3.8) is 0 Å². The number of rotatable bonds is 8. The van der Waals surface area contributed by atoms with Gasteiger partial charge in [-0.1, -0.05) is 30.0 Å². The van der Waals surface area contributed by atoms with Gasteiger partial charge in [-0.3, -0.25) is 4.79 Å². The molecule has 1 aromatic heterocycles. The Bertz CT molecular complexity index is 1080. The number of methoxy groups -OCH3 is 2. The highest BCUT2D eigenvalue weighted by Crippen LogP contribution is 2.34. The van der Waals surface area contributed by atoms with Gasteiger partial charge in [0.2, 0.25) is 5.91 Å². The van der Waals surface area contributed by atoms with Crippen LogP contribution in [0.15, 0.2) is 70.8 Å². The summed E-state index contributed by atoms with van der Waals surface area (Å²) in [4.78, 5) is 25.5. The van der Waals surface area contributed by atoms with Crippen LogP contribution in [-0.2, 0) is 11.3 Å². The molecule has 0 spiro atoms. The molecule has 0 aliphatic carbocycles. The van der Waals surface area contributed by atoms with Gasteiger partial charge in [0.1, 0.15) is 16.5 Å².